The number of nitrogens with zero attached hydrogens (tertiary/aromatic N) is 1. The quantitative estimate of drug-likeness (QED) is 0.398. The van der Waals surface area contributed by atoms with Crippen molar-refractivity contribution in [3.8, 4) is 0 Å². The van der Waals surface area contributed by atoms with Crippen molar-refractivity contribution in [3.63, 3.8) is 0 Å². The molecule has 0 aromatic heterocycles. The lowest BCUT2D eigenvalue weighted by Gasteiger charge is -2.10. The van der Waals surface area contributed by atoms with E-state index in [2.05, 4.69) is 12.6 Å². The van der Waals surface area contributed by atoms with Gasteiger partial charge in [-0.2, -0.15) is 0 Å². The number of thiocarbonyl (C=S) groups is 1. The Morgan fingerprint density at radius 3 is 2.75 bits per heavy atom. The van der Waals surface area contributed by atoms with E-state index in [4.69, 9.17) is 17.0 Å². The molecule has 1 heterocycles. The van der Waals surface area contributed by atoms with E-state index in [9.17, 15) is 0 Å². The highest BCUT2D eigenvalue weighted by Gasteiger charge is 2.11. The van der Waals surface area contributed by atoms with E-state index in [1.165, 1.54) is 0 Å². The zero-order valence-electron chi connectivity index (χ0n) is 4.33. The zero-order chi connectivity index (χ0) is 5.98. The molecule has 0 bridgehead atoms. The zero-order valence-corrected chi connectivity index (χ0v) is 6.04. The molecule has 1 aliphatic heterocycles. The van der Waals surface area contributed by atoms with Crippen LogP contribution in [0.1, 0.15) is 0 Å². The molecule has 1 fully saturated rings. The Balaban J connectivity index is 2.35. The van der Waals surface area contributed by atoms with E-state index in [1.807, 2.05) is 4.90 Å². The molecule has 0 amide bonds. The van der Waals surface area contributed by atoms with Gasteiger partial charge in [0.2, 0.25) is 0 Å². The van der Waals surface area contributed by atoms with Crippen LogP contribution in [0.5, 0.6) is 0 Å². The second-order valence-corrected chi connectivity index (χ2v) is 2.70. The van der Waals surface area contributed by atoms with Crippen LogP contribution in [-0.2, 0) is 4.74 Å². The van der Waals surface area contributed by atoms with Gasteiger partial charge in [-0.25, -0.2) is 0 Å². The monoisotopic (exact) mass is 149 g/mol. The highest BCUT2D eigenvalue weighted by Crippen LogP contribution is 2.02. The molecule has 0 aliphatic carbocycles. The maximum Gasteiger partial charge on any atom is 0.135 e. The molecule has 0 radical (unpaired) electrons. The Labute approximate surface area is 59.2 Å². The van der Waals surface area contributed by atoms with Crippen LogP contribution in [0.2, 0.25) is 0 Å². The van der Waals surface area contributed by atoms with Crippen molar-refractivity contribution in [1.29, 1.82) is 0 Å². The van der Waals surface area contributed by atoms with Gasteiger partial charge in [0.15, 0.2) is 0 Å². The molecule has 1 rings (SSSR count). The van der Waals surface area contributed by atoms with Gasteiger partial charge in [-0.05, 0) is 0 Å². The smallest absolute Gasteiger partial charge is 0.135 e. The van der Waals surface area contributed by atoms with Gasteiger partial charge < -0.3 is 9.64 Å². The van der Waals surface area contributed by atoms with Crippen molar-refractivity contribution in [1.82, 2.24) is 4.90 Å². The first kappa shape index (κ1) is 6.32. The van der Waals surface area contributed by atoms with Crippen molar-refractivity contribution in [2.45, 2.75) is 0 Å². The minimum atomic E-state index is 0.613. The van der Waals surface area contributed by atoms with Crippen LogP contribution in [0.3, 0.4) is 0 Å². The number of thiol groups is 1. The molecule has 0 unspecified atom stereocenters. The topological polar surface area (TPSA) is 12.5 Å². The lowest BCUT2D eigenvalue weighted by atomic mass is 10.7. The molecule has 0 N–H and O–H groups in total. The fourth-order valence-electron chi connectivity index (χ4n) is 0.565. The summed E-state index contributed by atoms with van der Waals surface area (Å²) in [5, 5.41) is 0. The third-order valence-corrected chi connectivity index (χ3v) is 1.56. The van der Waals surface area contributed by atoms with Crippen LogP contribution >= 0.6 is 24.8 Å². The Morgan fingerprint density at radius 2 is 2.50 bits per heavy atom. The highest BCUT2D eigenvalue weighted by atomic mass is 32.1. The van der Waals surface area contributed by atoms with Gasteiger partial charge in [-0.1, -0.05) is 12.2 Å². The summed E-state index contributed by atoms with van der Waals surface area (Å²) in [6.07, 6.45) is 0. The second kappa shape index (κ2) is 2.66. The van der Waals surface area contributed by atoms with Gasteiger partial charge in [0.1, 0.15) is 11.1 Å². The summed E-state index contributed by atoms with van der Waals surface area (Å²) in [7, 11) is 0. The van der Waals surface area contributed by atoms with Crippen molar-refractivity contribution < 1.29 is 4.74 Å². The second-order valence-electron chi connectivity index (χ2n) is 1.58. The van der Waals surface area contributed by atoms with E-state index in [-0.39, 0.29) is 0 Å². The molecule has 2 nitrogen and oxygen atoms in total. The van der Waals surface area contributed by atoms with E-state index in [0.29, 0.717) is 11.1 Å². The third kappa shape index (κ3) is 1.34. The summed E-state index contributed by atoms with van der Waals surface area (Å²) in [6, 6.07) is 0. The highest BCUT2D eigenvalue weighted by molar-refractivity contribution is 8.10. The number of ether oxygens (including phenoxy) is 1. The number of hydrogen-bond acceptors (Lipinski definition) is 2. The average Bonchev–Trinajstić information content (AvgIpc) is 2.12. The van der Waals surface area contributed by atoms with Crippen LogP contribution in [-0.4, -0.2) is 29.1 Å². The Bertz CT molecular complexity index is 100. The molecule has 1 saturated heterocycles. The SMILES string of the molecule is S=C(S)N1CCOC1. The van der Waals surface area contributed by atoms with Crippen molar-refractivity contribution in [3.05, 3.63) is 0 Å². The molecular weight excluding hydrogens is 142 g/mol. The molecule has 0 aromatic carbocycles. The minimum absolute atomic E-state index is 0.613. The van der Waals surface area contributed by atoms with Crippen LogP contribution < -0.4 is 0 Å². The van der Waals surface area contributed by atoms with E-state index < -0.39 is 0 Å². The summed E-state index contributed by atoms with van der Waals surface area (Å²) in [5.41, 5.74) is 0. The van der Waals surface area contributed by atoms with Crippen LogP contribution in [0.25, 0.3) is 0 Å². The van der Waals surface area contributed by atoms with Crippen molar-refractivity contribution in [2.75, 3.05) is 19.9 Å². The Morgan fingerprint density at radius 1 is 1.75 bits per heavy atom. The lowest BCUT2D eigenvalue weighted by Crippen LogP contribution is -2.21. The fraction of sp³-hybridized carbons (Fsp3) is 0.750. The summed E-state index contributed by atoms with van der Waals surface area (Å²) in [6.45, 7) is 2.28. The average molecular weight is 149 g/mol. The molecule has 0 saturated carbocycles. The van der Waals surface area contributed by atoms with Crippen LogP contribution in [0.4, 0.5) is 0 Å². The van der Waals surface area contributed by atoms with Crippen LogP contribution in [0, 0.1) is 0 Å². The summed E-state index contributed by atoms with van der Waals surface area (Å²) in [5.74, 6) is 0. The lowest BCUT2D eigenvalue weighted by molar-refractivity contribution is 0.170. The van der Waals surface area contributed by atoms with Gasteiger partial charge in [0.05, 0.1) is 6.61 Å². The van der Waals surface area contributed by atoms with E-state index >= 15 is 0 Å². The van der Waals surface area contributed by atoms with E-state index in [1.54, 1.807) is 0 Å². The predicted octanol–water partition coefficient (Wildman–Crippen LogP) is 0.491. The van der Waals surface area contributed by atoms with Gasteiger partial charge in [-0.3, -0.25) is 0 Å². The molecule has 0 spiro atoms. The molecule has 0 aromatic rings. The van der Waals surface area contributed by atoms with E-state index in [0.717, 1.165) is 13.2 Å². The summed E-state index contributed by atoms with van der Waals surface area (Å²) < 4.78 is 5.64. The molecular formula is C4H7NOS2. The number of rotatable bonds is 0. The molecule has 46 valence electrons. The van der Waals surface area contributed by atoms with Crippen molar-refractivity contribution >= 4 is 29.2 Å². The molecule has 8 heavy (non-hydrogen) atoms. The normalized spacial score (nSPS) is 19.4. The Kier molecular flexibility index (Phi) is 2.10. The van der Waals surface area contributed by atoms with Crippen molar-refractivity contribution in [2.24, 2.45) is 0 Å². The maximum absolute atomic E-state index is 5.01. The fourth-order valence-corrected chi connectivity index (χ4v) is 0.867. The molecule has 0 atom stereocenters. The standard InChI is InChI=1S/C4H7NOS2/c7-4(8)5-1-2-6-3-5/h1-3H2,(H,7,8). The van der Waals surface area contributed by atoms with Gasteiger partial charge in [0, 0.05) is 6.54 Å². The maximum atomic E-state index is 5.01. The molecule has 1 aliphatic rings. The predicted molar refractivity (Wildman–Crippen MR) is 39.1 cm³/mol. The third-order valence-electron chi connectivity index (χ3n) is 1.02. The summed E-state index contributed by atoms with van der Waals surface area (Å²) in [4.78, 5) is 1.90. The van der Waals surface area contributed by atoms with Gasteiger partial charge >= 0.3 is 0 Å². The first-order chi connectivity index (χ1) is 3.80. The van der Waals surface area contributed by atoms with Crippen LogP contribution in [0.15, 0.2) is 0 Å². The first-order valence-corrected chi connectivity index (χ1v) is 3.22. The van der Waals surface area contributed by atoms with Gasteiger partial charge in [0.25, 0.3) is 0 Å². The number of hydrogen-bond donors (Lipinski definition) is 1. The Hall–Kier alpha value is 0.200. The molecule has 4 heteroatoms. The minimum Gasteiger partial charge on any atom is -0.359 e. The summed E-state index contributed by atoms with van der Waals surface area (Å²) >= 11 is 8.74. The largest absolute Gasteiger partial charge is 0.359 e. The first-order valence-electron chi connectivity index (χ1n) is 2.36. The van der Waals surface area contributed by atoms with Gasteiger partial charge in [-0.15, -0.1) is 12.6 Å².